The Bertz CT molecular complexity index is 1350. The normalized spacial score (nSPS) is 21.5. The lowest BCUT2D eigenvalue weighted by molar-refractivity contribution is -0.132. The van der Waals surface area contributed by atoms with E-state index in [1.165, 1.54) is 0 Å². The summed E-state index contributed by atoms with van der Waals surface area (Å²) in [7, 11) is 2.04. The molecule has 2 aromatic carbocycles. The van der Waals surface area contributed by atoms with E-state index >= 15 is 0 Å². The summed E-state index contributed by atoms with van der Waals surface area (Å²) in [5.74, 6) is -0.644. The van der Waals surface area contributed by atoms with Crippen LogP contribution in [0, 0.1) is 11.3 Å². The van der Waals surface area contributed by atoms with Gasteiger partial charge in [0.2, 0.25) is 0 Å². The molecule has 1 aromatic heterocycles. The molecule has 3 aromatic rings. The van der Waals surface area contributed by atoms with Crippen molar-refractivity contribution in [1.82, 2.24) is 20.1 Å². The standard InChI is InChI=1S/C28H33N5O5/c1-32-10-12-36-18-23(32)17-33-24-14-21(7-8-25(24)38-28(33)35)20-5-3-19(4-6-20)13-22(15-29)31-27(34)26-16-30-9-2-11-37-26/h3-8,14,22-23,26,30H,2,9-13,16-18H2,1H3,(H,31,34)/t22-,23-,26-/m0/s1. The fraction of sp³-hybridized carbons (Fsp3) is 0.464. The first kappa shape index (κ1) is 26.1. The number of carbonyl (C=O) groups is 1. The third kappa shape index (κ3) is 5.97. The first-order valence-corrected chi connectivity index (χ1v) is 13.0. The highest BCUT2D eigenvalue weighted by atomic mass is 16.5. The minimum absolute atomic E-state index is 0.101. The molecule has 10 heteroatoms. The van der Waals surface area contributed by atoms with E-state index < -0.39 is 12.1 Å². The number of hydrogen-bond donors (Lipinski definition) is 2. The molecule has 2 N–H and O–H groups in total. The molecular formula is C28H33N5O5. The molecule has 0 aliphatic carbocycles. The van der Waals surface area contributed by atoms with Gasteiger partial charge in [-0.05, 0) is 48.8 Å². The minimum Gasteiger partial charge on any atom is -0.408 e. The fourth-order valence-electron chi connectivity index (χ4n) is 4.90. The number of likely N-dealkylation sites (N-methyl/N-ethyl adjacent to an activating group) is 1. The summed E-state index contributed by atoms with van der Waals surface area (Å²) in [4.78, 5) is 27.4. The molecule has 3 heterocycles. The molecule has 2 aliphatic heterocycles. The van der Waals surface area contributed by atoms with Crippen molar-refractivity contribution in [3.63, 3.8) is 0 Å². The number of benzene rings is 2. The SMILES string of the molecule is CN1CCOC[C@@H]1Cn1c(=O)oc2ccc(-c3ccc(C[C@@H](C#N)NC(=O)[C@@H]4CNCCCO4)cc3)cc21. The Kier molecular flexibility index (Phi) is 8.20. The van der Waals surface area contributed by atoms with Gasteiger partial charge in [-0.15, -0.1) is 0 Å². The summed E-state index contributed by atoms with van der Waals surface area (Å²) >= 11 is 0. The largest absolute Gasteiger partial charge is 0.420 e. The van der Waals surface area contributed by atoms with Crippen molar-refractivity contribution in [2.45, 2.75) is 37.6 Å². The van der Waals surface area contributed by atoms with Crippen molar-refractivity contribution >= 4 is 17.0 Å². The van der Waals surface area contributed by atoms with Gasteiger partial charge in [0.05, 0.1) is 30.8 Å². The number of nitrogens with zero attached hydrogens (tertiary/aromatic N) is 3. The maximum absolute atomic E-state index is 12.6. The van der Waals surface area contributed by atoms with Crippen molar-refractivity contribution in [2.24, 2.45) is 0 Å². The number of carbonyl (C=O) groups excluding carboxylic acids is 1. The summed E-state index contributed by atoms with van der Waals surface area (Å²) in [5.41, 5.74) is 4.16. The van der Waals surface area contributed by atoms with Gasteiger partial charge in [0.1, 0.15) is 12.1 Å². The van der Waals surface area contributed by atoms with Gasteiger partial charge in [-0.2, -0.15) is 5.26 Å². The molecule has 0 bridgehead atoms. The van der Waals surface area contributed by atoms with Crippen LogP contribution < -0.4 is 16.4 Å². The number of nitriles is 1. The summed E-state index contributed by atoms with van der Waals surface area (Å²) in [5, 5.41) is 15.6. The van der Waals surface area contributed by atoms with Crippen LogP contribution in [0.2, 0.25) is 0 Å². The number of amides is 1. The van der Waals surface area contributed by atoms with Gasteiger partial charge in [-0.1, -0.05) is 30.3 Å². The van der Waals surface area contributed by atoms with Gasteiger partial charge >= 0.3 is 5.76 Å². The van der Waals surface area contributed by atoms with E-state index in [-0.39, 0.29) is 17.7 Å². The van der Waals surface area contributed by atoms with E-state index in [1.807, 2.05) is 49.5 Å². The zero-order valence-corrected chi connectivity index (χ0v) is 21.5. The number of nitrogens with one attached hydrogen (secondary N) is 2. The summed E-state index contributed by atoms with van der Waals surface area (Å²) < 4.78 is 18.4. The second kappa shape index (κ2) is 11.9. The monoisotopic (exact) mass is 519 g/mol. The Balaban J connectivity index is 1.28. The van der Waals surface area contributed by atoms with Crippen LogP contribution in [0.3, 0.4) is 0 Å². The Hall–Kier alpha value is -3.49. The second-order valence-corrected chi connectivity index (χ2v) is 9.88. The van der Waals surface area contributed by atoms with E-state index in [2.05, 4.69) is 21.6 Å². The van der Waals surface area contributed by atoms with Crippen LogP contribution in [0.5, 0.6) is 0 Å². The molecule has 2 saturated heterocycles. The van der Waals surface area contributed by atoms with Crippen LogP contribution in [0.1, 0.15) is 12.0 Å². The zero-order valence-electron chi connectivity index (χ0n) is 21.5. The molecule has 2 fully saturated rings. The molecule has 200 valence electrons. The van der Waals surface area contributed by atoms with Crippen molar-refractivity contribution < 1.29 is 18.7 Å². The van der Waals surface area contributed by atoms with Crippen molar-refractivity contribution in [3.8, 4) is 17.2 Å². The van der Waals surface area contributed by atoms with Gasteiger partial charge < -0.3 is 24.5 Å². The van der Waals surface area contributed by atoms with E-state index in [0.29, 0.717) is 44.9 Å². The first-order chi connectivity index (χ1) is 18.5. The molecule has 0 unspecified atom stereocenters. The van der Waals surface area contributed by atoms with Gasteiger partial charge in [-0.3, -0.25) is 14.3 Å². The molecule has 38 heavy (non-hydrogen) atoms. The van der Waals surface area contributed by atoms with E-state index in [9.17, 15) is 14.9 Å². The third-order valence-electron chi connectivity index (χ3n) is 7.22. The third-order valence-corrected chi connectivity index (χ3v) is 7.22. The fourth-order valence-corrected chi connectivity index (χ4v) is 4.90. The highest BCUT2D eigenvalue weighted by Crippen LogP contribution is 2.25. The van der Waals surface area contributed by atoms with Crippen LogP contribution >= 0.6 is 0 Å². The number of ether oxygens (including phenoxy) is 2. The Morgan fingerprint density at radius 1 is 1.21 bits per heavy atom. The highest BCUT2D eigenvalue weighted by Gasteiger charge is 2.24. The van der Waals surface area contributed by atoms with Crippen LogP contribution in [0.4, 0.5) is 0 Å². The number of rotatable bonds is 7. The average Bonchev–Trinajstić information content (AvgIpc) is 3.09. The summed E-state index contributed by atoms with van der Waals surface area (Å²) in [6.45, 7) is 4.38. The van der Waals surface area contributed by atoms with Crippen molar-refractivity contribution in [1.29, 1.82) is 5.26 Å². The van der Waals surface area contributed by atoms with Crippen LogP contribution in [-0.4, -0.2) is 80.1 Å². The number of morpholine rings is 1. The van der Waals surface area contributed by atoms with Gasteiger partial charge in [0, 0.05) is 32.7 Å². The number of aromatic nitrogens is 1. The lowest BCUT2D eigenvalue weighted by Gasteiger charge is -2.32. The van der Waals surface area contributed by atoms with Gasteiger partial charge in [-0.25, -0.2) is 4.79 Å². The molecule has 0 saturated carbocycles. The van der Waals surface area contributed by atoms with Gasteiger partial charge in [0.25, 0.3) is 5.91 Å². The summed E-state index contributed by atoms with van der Waals surface area (Å²) in [6, 6.07) is 15.2. The van der Waals surface area contributed by atoms with E-state index in [4.69, 9.17) is 13.9 Å². The number of oxazole rings is 1. The minimum atomic E-state index is -0.654. The highest BCUT2D eigenvalue weighted by molar-refractivity contribution is 5.82. The average molecular weight is 520 g/mol. The van der Waals surface area contributed by atoms with Crippen LogP contribution in [0.15, 0.2) is 51.7 Å². The molecular weight excluding hydrogens is 486 g/mol. The van der Waals surface area contributed by atoms with Crippen LogP contribution in [0.25, 0.3) is 22.2 Å². The van der Waals surface area contributed by atoms with Crippen molar-refractivity contribution in [3.05, 3.63) is 58.6 Å². The first-order valence-electron chi connectivity index (χ1n) is 13.0. The maximum Gasteiger partial charge on any atom is 0.420 e. The lowest BCUT2D eigenvalue weighted by atomic mass is 10.0. The van der Waals surface area contributed by atoms with Crippen LogP contribution in [-0.2, 0) is 27.2 Å². The molecule has 5 rings (SSSR count). The Morgan fingerprint density at radius 3 is 2.82 bits per heavy atom. The second-order valence-electron chi connectivity index (χ2n) is 9.88. The van der Waals surface area contributed by atoms with Crippen molar-refractivity contribution in [2.75, 3.05) is 46.5 Å². The van der Waals surface area contributed by atoms with Gasteiger partial charge in [0.15, 0.2) is 5.58 Å². The predicted molar refractivity (Wildman–Crippen MR) is 142 cm³/mol. The Labute approximate surface area is 221 Å². The quantitative estimate of drug-likeness (QED) is 0.482. The number of fused-ring (bicyclic) bond motifs is 1. The molecule has 0 spiro atoms. The lowest BCUT2D eigenvalue weighted by Crippen LogP contribution is -2.46. The molecule has 0 radical (unpaired) electrons. The predicted octanol–water partition coefficient (Wildman–Crippen LogP) is 1.52. The number of hydrogen-bond acceptors (Lipinski definition) is 8. The molecule has 1 amide bonds. The smallest absolute Gasteiger partial charge is 0.408 e. The molecule has 10 nitrogen and oxygen atoms in total. The topological polar surface area (TPSA) is 122 Å². The summed E-state index contributed by atoms with van der Waals surface area (Å²) in [6.07, 6.45) is 0.660. The molecule has 3 atom stereocenters. The van der Waals surface area contributed by atoms with E-state index in [0.717, 1.165) is 41.7 Å². The molecule has 2 aliphatic rings. The zero-order chi connectivity index (χ0) is 26.5. The Morgan fingerprint density at radius 2 is 2.03 bits per heavy atom. The maximum atomic E-state index is 12.6. The van der Waals surface area contributed by atoms with E-state index in [1.54, 1.807) is 4.57 Å².